The second kappa shape index (κ2) is 9.36. The number of hydrogen-bond acceptors (Lipinski definition) is 4. The average molecular weight is 273 g/mol. The third-order valence-corrected chi connectivity index (χ3v) is 5.16. The molecule has 1 atom stereocenters. The van der Waals surface area contributed by atoms with Gasteiger partial charge in [-0.15, -0.1) is 0 Å². The molecule has 0 saturated heterocycles. The molecule has 0 N–H and O–H groups in total. The molecule has 0 spiro atoms. The van der Waals surface area contributed by atoms with Crippen LogP contribution in [0, 0.1) is 16.0 Å². The molecule has 0 aromatic heterocycles. The van der Waals surface area contributed by atoms with Crippen LogP contribution in [0.25, 0.3) is 0 Å². The predicted octanol–water partition coefficient (Wildman–Crippen LogP) is 4.36. The van der Waals surface area contributed by atoms with E-state index < -0.39 is 4.92 Å². The summed E-state index contributed by atoms with van der Waals surface area (Å²) in [7, 11) is 4.72. The van der Waals surface area contributed by atoms with Gasteiger partial charge in [-0.2, -0.15) is 0 Å². The highest BCUT2D eigenvalue weighted by Gasteiger charge is 2.07. The van der Waals surface area contributed by atoms with Gasteiger partial charge in [0.2, 0.25) is 0 Å². The molecule has 0 radical (unpaired) electrons. The molecule has 1 aromatic rings. The zero-order valence-electron chi connectivity index (χ0n) is 10.6. The van der Waals surface area contributed by atoms with Gasteiger partial charge in [0, 0.05) is 15.1 Å². The van der Waals surface area contributed by atoms with E-state index in [4.69, 9.17) is 10.1 Å². The Bertz CT molecular complexity index is 314. The lowest BCUT2D eigenvalue weighted by atomic mass is 10.2. The van der Waals surface area contributed by atoms with E-state index >= 15 is 0 Å². The van der Waals surface area contributed by atoms with Crippen LogP contribution in [0.4, 0.5) is 0 Å². The zero-order chi connectivity index (χ0) is 13.3. The minimum atomic E-state index is -0.500. The van der Waals surface area contributed by atoms with Gasteiger partial charge >= 0.3 is 0 Å². The number of nitrogens with zero attached hydrogens (tertiary/aromatic N) is 1. The summed E-state index contributed by atoms with van der Waals surface area (Å²) in [5, 5.41) is 9.52. The van der Waals surface area contributed by atoms with E-state index in [9.17, 15) is 0 Å². The fourth-order valence-electron chi connectivity index (χ4n) is 0.719. The van der Waals surface area contributed by atoms with E-state index in [2.05, 4.69) is 51.1 Å². The van der Waals surface area contributed by atoms with Gasteiger partial charge in [-0.25, -0.2) is 0 Å². The van der Waals surface area contributed by atoms with Crippen molar-refractivity contribution in [2.24, 2.45) is 5.92 Å². The van der Waals surface area contributed by atoms with Crippen molar-refractivity contribution in [2.75, 3.05) is 7.05 Å². The lowest BCUT2D eigenvalue weighted by Crippen LogP contribution is -2.03. The van der Waals surface area contributed by atoms with Crippen molar-refractivity contribution in [1.82, 2.24) is 0 Å². The molecule has 0 aliphatic heterocycles. The van der Waals surface area contributed by atoms with Crippen molar-refractivity contribution in [3.63, 3.8) is 0 Å². The monoisotopic (exact) mass is 273 g/mol. The quantitative estimate of drug-likeness (QED) is 0.464. The predicted molar refractivity (Wildman–Crippen MR) is 77.1 cm³/mol. The molecule has 3 nitrogen and oxygen atoms in total. The van der Waals surface area contributed by atoms with Crippen molar-refractivity contribution >= 4 is 21.6 Å². The first-order valence-corrected chi connectivity index (χ1v) is 7.61. The van der Waals surface area contributed by atoms with Crippen molar-refractivity contribution < 1.29 is 4.92 Å². The molecular formula is C12H19NO2S2. The summed E-state index contributed by atoms with van der Waals surface area (Å²) in [5.41, 5.74) is 0. The second-order valence-corrected chi connectivity index (χ2v) is 6.53. The maximum absolute atomic E-state index is 8.81. The van der Waals surface area contributed by atoms with Crippen LogP contribution in [0.2, 0.25) is 0 Å². The molecule has 0 heterocycles. The van der Waals surface area contributed by atoms with Crippen molar-refractivity contribution in [3.8, 4) is 0 Å². The molecule has 0 bridgehead atoms. The summed E-state index contributed by atoms with van der Waals surface area (Å²) in [4.78, 5) is 9.65. The Balaban J connectivity index is 0.000000557. The Labute approximate surface area is 111 Å². The largest absolute Gasteiger partial charge is 0.265 e. The fourth-order valence-corrected chi connectivity index (χ4v) is 3.26. The first-order chi connectivity index (χ1) is 7.93. The minimum Gasteiger partial charge on any atom is -0.265 e. The lowest BCUT2D eigenvalue weighted by molar-refractivity contribution is -0.445. The van der Waals surface area contributed by atoms with Gasteiger partial charge in [0.15, 0.2) is 7.05 Å². The summed E-state index contributed by atoms with van der Waals surface area (Å²) in [6.45, 7) is 6.82. The van der Waals surface area contributed by atoms with Crippen LogP contribution in [0.1, 0.15) is 20.8 Å². The van der Waals surface area contributed by atoms with Crippen LogP contribution in [0.5, 0.6) is 0 Å². The molecule has 0 aliphatic rings. The highest BCUT2D eigenvalue weighted by Crippen LogP contribution is 2.36. The van der Waals surface area contributed by atoms with E-state index in [1.165, 1.54) is 4.90 Å². The second-order valence-electron chi connectivity index (χ2n) is 3.88. The molecule has 0 aliphatic carbocycles. The molecule has 5 heteroatoms. The van der Waals surface area contributed by atoms with Gasteiger partial charge in [0.05, 0.1) is 0 Å². The molecule has 1 rings (SSSR count). The molecular weight excluding hydrogens is 254 g/mol. The van der Waals surface area contributed by atoms with Crippen molar-refractivity contribution in [2.45, 2.75) is 30.9 Å². The third kappa shape index (κ3) is 10.2. The fraction of sp³-hybridized carbons (Fsp3) is 0.500. The number of rotatable bonds is 4. The van der Waals surface area contributed by atoms with Crippen LogP contribution in [0.3, 0.4) is 0 Å². The third-order valence-electron chi connectivity index (χ3n) is 1.98. The molecule has 1 aromatic carbocycles. The molecule has 1 unspecified atom stereocenters. The van der Waals surface area contributed by atoms with Crippen LogP contribution in [-0.4, -0.2) is 17.2 Å². The standard InChI is InChI=1S/C11H16S2.CH3NO2/c1-9(2)10(3)12-13-11-7-5-4-6-8-11;1-2(3)4/h4-10H,1-3H3;1H3. The van der Waals surface area contributed by atoms with Gasteiger partial charge in [0.25, 0.3) is 0 Å². The van der Waals surface area contributed by atoms with Crippen LogP contribution in [0.15, 0.2) is 35.2 Å². The number of benzene rings is 1. The normalized spacial score (nSPS) is 11.6. The average Bonchev–Trinajstić information content (AvgIpc) is 2.26. The van der Waals surface area contributed by atoms with Crippen molar-refractivity contribution in [1.29, 1.82) is 0 Å². The van der Waals surface area contributed by atoms with E-state index in [0.717, 1.165) is 13.0 Å². The SMILES string of the molecule is CC(C)C(C)SSc1ccccc1.C[N+](=O)[O-]. The Morgan fingerprint density at radius 1 is 1.18 bits per heavy atom. The Morgan fingerprint density at radius 2 is 1.65 bits per heavy atom. The molecule has 0 saturated carbocycles. The maximum Gasteiger partial charge on any atom is 0.194 e. The minimum absolute atomic E-state index is 0.500. The molecule has 17 heavy (non-hydrogen) atoms. The summed E-state index contributed by atoms with van der Waals surface area (Å²) in [6.07, 6.45) is 0. The van der Waals surface area contributed by atoms with Gasteiger partial charge < -0.3 is 0 Å². The van der Waals surface area contributed by atoms with E-state index in [0.29, 0.717) is 5.25 Å². The Morgan fingerprint density at radius 3 is 2.06 bits per heavy atom. The topological polar surface area (TPSA) is 43.1 Å². The number of hydrogen-bond donors (Lipinski definition) is 0. The summed E-state index contributed by atoms with van der Waals surface area (Å²) in [5.74, 6) is 0.751. The van der Waals surface area contributed by atoms with Gasteiger partial charge in [0.1, 0.15) is 0 Å². The van der Waals surface area contributed by atoms with E-state index in [-0.39, 0.29) is 0 Å². The summed E-state index contributed by atoms with van der Waals surface area (Å²) < 4.78 is 0. The maximum atomic E-state index is 8.81. The highest BCUT2D eigenvalue weighted by atomic mass is 33.1. The first-order valence-electron chi connectivity index (χ1n) is 5.39. The lowest BCUT2D eigenvalue weighted by Gasteiger charge is -2.13. The first kappa shape index (κ1) is 16.3. The van der Waals surface area contributed by atoms with Gasteiger partial charge in [-0.3, -0.25) is 10.1 Å². The van der Waals surface area contributed by atoms with Gasteiger partial charge in [-0.05, 0) is 18.1 Å². The van der Waals surface area contributed by atoms with Crippen LogP contribution >= 0.6 is 21.6 Å². The Kier molecular flexibility index (Phi) is 8.99. The van der Waals surface area contributed by atoms with Crippen LogP contribution < -0.4 is 0 Å². The van der Waals surface area contributed by atoms with E-state index in [1.54, 1.807) is 0 Å². The Hall–Kier alpha value is -0.680. The smallest absolute Gasteiger partial charge is 0.194 e. The number of nitro groups is 1. The van der Waals surface area contributed by atoms with Crippen molar-refractivity contribution in [3.05, 3.63) is 40.4 Å². The molecule has 96 valence electrons. The van der Waals surface area contributed by atoms with E-state index in [1.807, 2.05) is 21.6 Å². The molecule has 0 amide bonds. The van der Waals surface area contributed by atoms with Gasteiger partial charge in [-0.1, -0.05) is 60.6 Å². The van der Waals surface area contributed by atoms with Crippen LogP contribution in [-0.2, 0) is 0 Å². The molecule has 0 fully saturated rings. The summed E-state index contributed by atoms with van der Waals surface area (Å²) in [6, 6.07) is 10.5. The highest BCUT2D eigenvalue weighted by molar-refractivity contribution is 8.76. The summed E-state index contributed by atoms with van der Waals surface area (Å²) >= 11 is 0. The zero-order valence-corrected chi connectivity index (χ0v) is 12.3.